The van der Waals surface area contributed by atoms with Crippen LogP contribution in [0.3, 0.4) is 0 Å². The maximum atomic E-state index is 2.49. The van der Waals surface area contributed by atoms with E-state index >= 15 is 0 Å². The summed E-state index contributed by atoms with van der Waals surface area (Å²) in [6.45, 7) is 4.79. The SMILES string of the molecule is CC1(C)c2cc(N(c3ccc(-c4ccccc4)cc3)c3ccc(-c4ccccc4)cc3)c(-c3ccccc3)cc2-c2c(-c3cccc4ccccc34)cccc21. The van der Waals surface area contributed by atoms with Gasteiger partial charge in [0.2, 0.25) is 0 Å². The molecule has 1 aliphatic carbocycles. The molecule has 0 heterocycles. The van der Waals surface area contributed by atoms with Gasteiger partial charge in [-0.15, -0.1) is 0 Å². The Balaban J connectivity index is 1.21. The third-order valence-corrected chi connectivity index (χ3v) is 11.7. The van der Waals surface area contributed by atoms with Gasteiger partial charge in [0.15, 0.2) is 0 Å². The van der Waals surface area contributed by atoms with E-state index in [1.165, 1.54) is 77.5 Å². The highest BCUT2D eigenvalue weighted by molar-refractivity contribution is 6.04. The number of hydrogen-bond donors (Lipinski definition) is 0. The van der Waals surface area contributed by atoms with Crippen LogP contribution in [0.4, 0.5) is 17.1 Å². The zero-order chi connectivity index (χ0) is 37.6. The predicted molar refractivity (Wildman–Crippen MR) is 238 cm³/mol. The van der Waals surface area contributed by atoms with Crippen LogP contribution in [0.2, 0.25) is 0 Å². The van der Waals surface area contributed by atoms with E-state index in [-0.39, 0.29) is 5.41 Å². The molecule has 0 bridgehead atoms. The van der Waals surface area contributed by atoms with Gasteiger partial charge >= 0.3 is 0 Å². The molecule has 1 aliphatic rings. The van der Waals surface area contributed by atoms with Gasteiger partial charge in [-0.25, -0.2) is 0 Å². The predicted octanol–water partition coefficient (Wildman–Crippen LogP) is 15.3. The van der Waals surface area contributed by atoms with Crippen molar-refractivity contribution in [1.29, 1.82) is 0 Å². The first-order valence-corrected chi connectivity index (χ1v) is 19.5. The van der Waals surface area contributed by atoms with Crippen molar-refractivity contribution >= 4 is 27.8 Å². The van der Waals surface area contributed by atoms with E-state index in [2.05, 4.69) is 231 Å². The van der Waals surface area contributed by atoms with Crippen LogP contribution in [0, 0.1) is 0 Å². The first kappa shape index (κ1) is 33.6. The minimum Gasteiger partial charge on any atom is -0.310 e. The molecule has 0 saturated heterocycles. The summed E-state index contributed by atoms with van der Waals surface area (Å²) in [5, 5.41) is 2.53. The average Bonchev–Trinajstić information content (AvgIpc) is 3.49. The molecule has 0 spiro atoms. The Bertz CT molecular complexity index is 2750. The lowest BCUT2D eigenvalue weighted by Crippen LogP contribution is -2.17. The number of fused-ring (bicyclic) bond motifs is 4. The van der Waals surface area contributed by atoms with E-state index in [1.807, 2.05) is 0 Å². The van der Waals surface area contributed by atoms with Crippen molar-refractivity contribution in [1.82, 2.24) is 0 Å². The number of rotatable bonds is 7. The van der Waals surface area contributed by atoms with Crippen LogP contribution in [0.15, 0.2) is 212 Å². The molecule has 0 unspecified atom stereocenters. The van der Waals surface area contributed by atoms with Gasteiger partial charge in [-0.2, -0.15) is 0 Å². The highest BCUT2D eigenvalue weighted by atomic mass is 15.1. The van der Waals surface area contributed by atoms with E-state index < -0.39 is 0 Å². The summed E-state index contributed by atoms with van der Waals surface area (Å²) >= 11 is 0. The monoisotopic (exact) mass is 715 g/mol. The molecule has 0 aromatic heterocycles. The molecular weight excluding hydrogens is 675 g/mol. The Kier molecular flexibility index (Phi) is 8.23. The van der Waals surface area contributed by atoms with E-state index in [0.29, 0.717) is 0 Å². The zero-order valence-electron chi connectivity index (χ0n) is 31.7. The fourth-order valence-corrected chi connectivity index (χ4v) is 8.83. The second-order valence-electron chi connectivity index (χ2n) is 15.3. The van der Waals surface area contributed by atoms with Crippen LogP contribution in [0.25, 0.3) is 66.4 Å². The summed E-state index contributed by atoms with van der Waals surface area (Å²) in [7, 11) is 0. The molecule has 1 nitrogen and oxygen atoms in total. The highest BCUT2D eigenvalue weighted by Gasteiger charge is 2.38. The van der Waals surface area contributed by atoms with Gasteiger partial charge in [0.25, 0.3) is 0 Å². The van der Waals surface area contributed by atoms with E-state index in [4.69, 9.17) is 0 Å². The molecule has 0 saturated carbocycles. The summed E-state index contributed by atoms with van der Waals surface area (Å²) in [5.41, 5.74) is 18.2. The van der Waals surface area contributed by atoms with Crippen molar-refractivity contribution in [2.24, 2.45) is 0 Å². The van der Waals surface area contributed by atoms with Crippen molar-refractivity contribution in [2.75, 3.05) is 4.90 Å². The average molecular weight is 716 g/mol. The fourth-order valence-electron chi connectivity index (χ4n) is 8.83. The van der Waals surface area contributed by atoms with Crippen LogP contribution in [-0.2, 0) is 5.41 Å². The zero-order valence-corrected chi connectivity index (χ0v) is 31.7. The minimum atomic E-state index is -0.227. The summed E-state index contributed by atoms with van der Waals surface area (Å²) in [4.78, 5) is 2.46. The van der Waals surface area contributed by atoms with E-state index in [1.54, 1.807) is 0 Å². The molecule has 0 radical (unpaired) electrons. The highest BCUT2D eigenvalue weighted by Crippen LogP contribution is 2.56. The Morgan fingerprint density at radius 3 is 1.43 bits per heavy atom. The number of hydrogen-bond acceptors (Lipinski definition) is 1. The lowest BCUT2D eigenvalue weighted by molar-refractivity contribution is 0.660. The quantitative estimate of drug-likeness (QED) is 0.159. The molecular formula is C55H41N. The molecule has 266 valence electrons. The minimum absolute atomic E-state index is 0.227. The van der Waals surface area contributed by atoms with Gasteiger partial charge in [-0.1, -0.05) is 190 Å². The third kappa shape index (κ3) is 5.72. The molecule has 0 fully saturated rings. The van der Waals surface area contributed by atoms with Gasteiger partial charge in [-0.05, 0) is 108 Å². The Morgan fingerprint density at radius 1 is 0.339 bits per heavy atom. The van der Waals surface area contributed by atoms with Crippen molar-refractivity contribution in [3.05, 3.63) is 223 Å². The third-order valence-electron chi connectivity index (χ3n) is 11.7. The van der Waals surface area contributed by atoms with E-state index in [0.717, 1.165) is 17.1 Å². The lowest BCUT2D eigenvalue weighted by Gasteiger charge is -2.30. The molecule has 0 N–H and O–H groups in total. The van der Waals surface area contributed by atoms with Crippen molar-refractivity contribution in [3.8, 4) is 55.6 Å². The van der Waals surface area contributed by atoms with Crippen molar-refractivity contribution < 1.29 is 0 Å². The topological polar surface area (TPSA) is 3.24 Å². The van der Waals surface area contributed by atoms with Gasteiger partial charge < -0.3 is 4.90 Å². The number of nitrogens with zero attached hydrogens (tertiary/aromatic N) is 1. The molecule has 10 rings (SSSR count). The molecule has 56 heavy (non-hydrogen) atoms. The van der Waals surface area contributed by atoms with Gasteiger partial charge in [0, 0.05) is 22.4 Å². The first-order valence-electron chi connectivity index (χ1n) is 19.5. The summed E-state index contributed by atoms with van der Waals surface area (Å²) < 4.78 is 0. The Morgan fingerprint density at radius 2 is 0.821 bits per heavy atom. The molecule has 0 atom stereocenters. The summed E-state index contributed by atoms with van der Waals surface area (Å²) in [6, 6.07) is 77.6. The largest absolute Gasteiger partial charge is 0.310 e. The first-order chi connectivity index (χ1) is 27.5. The van der Waals surface area contributed by atoms with Crippen LogP contribution in [0.5, 0.6) is 0 Å². The van der Waals surface area contributed by atoms with Crippen LogP contribution >= 0.6 is 0 Å². The van der Waals surface area contributed by atoms with Crippen LogP contribution in [-0.4, -0.2) is 0 Å². The molecule has 9 aromatic carbocycles. The second-order valence-corrected chi connectivity index (χ2v) is 15.3. The normalized spacial score (nSPS) is 12.6. The fraction of sp³-hybridized carbons (Fsp3) is 0.0545. The Labute approximate surface area is 329 Å². The molecule has 1 heteroatoms. The van der Waals surface area contributed by atoms with Gasteiger partial charge in [-0.3, -0.25) is 0 Å². The smallest absolute Gasteiger partial charge is 0.0543 e. The van der Waals surface area contributed by atoms with Crippen LogP contribution < -0.4 is 4.90 Å². The molecule has 0 aliphatic heterocycles. The van der Waals surface area contributed by atoms with Crippen LogP contribution in [0.1, 0.15) is 25.0 Å². The maximum absolute atomic E-state index is 2.49. The number of anilines is 3. The summed E-state index contributed by atoms with van der Waals surface area (Å²) in [6.07, 6.45) is 0. The Hall–Kier alpha value is -6.96. The second kappa shape index (κ2) is 13.7. The van der Waals surface area contributed by atoms with Gasteiger partial charge in [0.1, 0.15) is 0 Å². The lowest BCUT2D eigenvalue weighted by atomic mass is 9.81. The van der Waals surface area contributed by atoms with Gasteiger partial charge in [0.05, 0.1) is 5.69 Å². The number of benzene rings is 9. The van der Waals surface area contributed by atoms with E-state index in [9.17, 15) is 0 Å². The van der Waals surface area contributed by atoms with Crippen molar-refractivity contribution in [2.45, 2.75) is 19.3 Å². The maximum Gasteiger partial charge on any atom is 0.0543 e. The summed E-state index contributed by atoms with van der Waals surface area (Å²) in [5.74, 6) is 0. The molecule has 9 aromatic rings. The molecule has 0 amide bonds. The standard InChI is InChI=1S/C55H41N/c1-55(2)51-27-15-26-48(47-25-14-23-42-22-12-13-24-46(42)47)54(51)50-36-49(43-20-10-5-11-21-43)53(37-52(50)55)56(44-32-28-40(29-33-44)38-16-6-3-7-17-38)45-34-30-41(31-35-45)39-18-8-4-9-19-39/h3-37H,1-2H3. The van der Waals surface area contributed by atoms with Crippen molar-refractivity contribution in [3.63, 3.8) is 0 Å².